The molecule has 0 aliphatic rings. The van der Waals surface area contributed by atoms with Gasteiger partial charge in [0.25, 0.3) is 11.5 Å². The summed E-state index contributed by atoms with van der Waals surface area (Å²) in [5.41, 5.74) is 0.0132. The van der Waals surface area contributed by atoms with E-state index in [1.807, 2.05) is 13.8 Å². The zero-order valence-corrected chi connectivity index (χ0v) is 15.1. The molecular formula is C19H20N4O4. The molecule has 2 N–H and O–H groups in total. The Morgan fingerprint density at radius 1 is 1.22 bits per heavy atom. The van der Waals surface area contributed by atoms with Crippen molar-refractivity contribution in [3.63, 3.8) is 0 Å². The van der Waals surface area contributed by atoms with Crippen LogP contribution in [0.15, 0.2) is 46.1 Å². The number of nitrogens with one attached hydrogen (secondary N) is 2. The highest BCUT2D eigenvalue weighted by molar-refractivity contribution is 6.05. The van der Waals surface area contributed by atoms with Gasteiger partial charge in [-0.3, -0.25) is 19.1 Å². The van der Waals surface area contributed by atoms with Crippen LogP contribution in [-0.4, -0.2) is 27.0 Å². The van der Waals surface area contributed by atoms with Crippen LogP contribution in [0.3, 0.4) is 0 Å². The Labute approximate surface area is 154 Å². The summed E-state index contributed by atoms with van der Waals surface area (Å²) in [5, 5.41) is 2.94. The van der Waals surface area contributed by atoms with Gasteiger partial charge in [-0.25, -0.2) is 9.78 Å². The standard InChI is InChI=1S/C19H20N4O4/c1-3-9-23-16-15(18(25)22-19(23)26)10-12(11-20-16)17(24)21-13-5-7-14(8-6-13)27-4-2/h5-8,10-11H,3-4,9H2,1-2H3,(H,21,24)(H,22,25,26). The number of carbonyl (C=O) groups is 1. The van der Waals surface area contributed by atoms with E-state index in [0.717, 1.165) is 0 Å². The highest BCUT2D eigenvalue weighted by Gasteiger charge is 2.13. The van der Waals surface area contributed by atoms with Crippen molar-refractivity contribution in [3.8, 4) is 5.75 Å². The molecule has 2 heterocycles. The lowest BCUT2D eigenvalue weighted by atomic mass is 10.2. The van der Waals surface area contributed by atoms with E-state index in [1.54, 1.807) is 24.3 Å². The van der Waals surface area contributed by atoms with Gasteiger partial charge in [0.2, 0.25) is 0 Å². The Balaban J connectivity index is 1.91. The van der Waals surface area contributed by atoms with Gasteiger partial charge in [-0.05, 0) is 43.7 Å². The highest BCUT2D eigenvalue weighted by Crippen LogP contribution is 2.17. The predicted molar refractivity (Wildman–Crippen MR) is 102 cm³/mol. The van der Waals surface area contributed by atoms with Crippen LogP contribution in [0.25, 0.3) is 11.0 Å². The number of H-pyrrole nitrogens is 1. The number of amides is 1. The molecule has 3 aromatic rings. The van der Waals surface area contributed by atoms with Gasteiger partial charge >= 0.3 is 5.69 Å². The lowest BCUT2D eigenvalue weighted by Gasteiger charge is -2.09. The van der Waals surface area contributed by atoms with E-state index in [-0.39, 0.29) is 16.6 Å². The van der Waals surface area contributed by atoms with E-state index >= 15 is 0 Å². The number of hydrogen-bond acceptors (Lipinski definition) is 5. The summed E-state index contributed by atoms with van der Waals surface area (Å²) in [7, 11) is 0. The summed E-state index contributed by atoms with van der Waals surface area (Å²) in [5.74, 6) is 0.310. The normalized spacial score (nSPS) is 10.7. The molecule has 0 unspecified atom stereocenters. The summed E-state index contributed by atoms with van der Waals surface area (Å²) in [6.07, 6.45) is 2.07. The maximum Gasteiger partial charge on any atom is 0.329 e. The van der Waals surface area contributed by atoms with Gasteiger partial charge in [-0.1, -0.05) is 6.92 Å². The first kappa shape index (κ1) is 18.4. The first-order valence-corrected chi connectivity index (χ1v) is 8.70. The lowest BCUT2D eigenvalue weighted by molar-refractivity contribution is 0.102. The molecule has 8 nitrogen and oxygen atoms in total. The van der Waals surface area contributed by atoms with E-state index in [9.17, 15) is 14.4 Å². The minimum absolute atomic E-state index is 0.197. The zero-order chi connectivity index (χ0) is 19.4. The Kier molecular flexibility index (Phi) is 5.35. The average molecular weight is 368 g/mol. The van der Waals surface area contributed by atoms with Crippen molar-refractivity contribution in [2.75, 3.05) is 11.9 Å². The molecule has 1 aromatic carbocycles. The van der Waals surface area contributed by atoms with Crippen molar-refractivity contribution < 1.29 is 9.53 Å². The quantitative estimate of drug-likeness (QED) is 0.693. The molecule has 0 fully saturated rings. The van der Waals surface area contributed by atoms with E-state index in [0.29, 0.717) is 31.0 Å². The molecule has 27 heavy (non-hydrogen) atoms. The second kappa shape index (κ2) is 7.86. The minimum atomic E-state index is -0.564. The van der Waals surface area contributed by atoms with Gasteiger partial charge in [0.05, 0.1) is 17.6 Å². The van der Waals surface area contributed by atoms with Crippen LogP contribution in [0.1, 0.15) is 30.6 Å². The zero-order valence-electron chi connectivity index (χ0n) is 15.1. The Morgan fingerprint density at radius 2 is 1.96 bits per heavy atom. The number of hydrogen-bond donors (Lipinski definition) is 2. The number of aromatic nitrogens is 3. The monoisotopic (exact) mass is 368 g/mol. The number of benzene rings is 1. The second-order valence-electron chi connectivity index (χ2n) is 5.92. The number of nitrogens with zero attached hydrogens (tertiary/aromatic N) is 2. The van der Waals surface area contributed by atoms with Crippen LogP contribution in [0.4, 0.5) is 5.69 Å². The molecule has 0 aliphatic heterocycles. The van der Waals surface area contributed by atoms with Crippen LogP contribution in [-0.2, 0) is 6.54 Å². The van der Waals surface area contributed by atoms with Crippen molar-refractivity contribution in [2.45, 2.75) is 26.8 Å². The first-order chi connectivity index (χ1) is 13.0. The molecule has 0 saturated carbocycles. The van der Waals surface area contributed by atoms with Crippen LogP contribution in [0, 0.1) is 0 Å². The number of rotatable bonds is 6. The molecule has 0 saturated heterocycles. The number of ether oxygens (including phenoxy) is 1. The van der Waals surface area contributed by atoms with Gasteiger partial charge in [-0.15, -0.1) is 0 Å². The van der Waals surface area contributed by atoms with Gasteiger partial charge < -0.3 is 10.1 Å². The van der Waals surface area contributed by atoms with Crippen LogP contribution >= 0.6 is 0 Å². The van der Waals surface area contributed by atoms with Gasteiger partial charge in [0, 0.05) is 18.4 Å². The lowest BCUT2D eigenvalue weighted by Crippen LogP contribution is -2.31. The molecule has 3 rings (SSSR count). The van der Waals surface area contributed by atoms with E-state index in [4.69, 9.17) is 4.74 Å². The van der Waals surface area contributed by atoms with Crippen molar-refractivity contribution in [1.29, 1.82) is 0 Å². The molecule has 0 aliphatic carbocycles. The largest absolute Gasteiger partial charge is 0.494 e. The average Bonchev–Trinajstić information content (AvgIpc) is 2.66. The molecular weight excluding hydrogens is 348 g/mol. The van der Waals surface area contributed by atoms with Crippen molar-refractivity contribution in [1.82, 2.24) is 14.5 Å². The smallest absolute Gasteiger partial charge is 0.329 e. The van der Waals surface area contributed by atoms with E-state index < -0.39 is 17.2 Å². The van der Waals surface area contributed by atoms with Crippen LogP contribution in [0.5, 0.6) is 5.75 Å². The molecule has 0 radical (unpaired) electrons. The number of carbonyl (C=O) groups excluding carboxylic acids is 1. The predicted octanol–water partition coefficient (Wildman–Crippen LogP) is 2.15. The molecule has 140 valence electrons. The number of aryl methyl sites for hydroxylation is 1. The third-order valence-electron chi connectivity index (χ3n) is 3.97. The summed E-state index contributed by atoms with van der Waals surface area (Å²) < 4.78 is 6.76. The van der Waals surface area contributed by atoms with E-state index in [2.05, 4.69) is 15.3 Å². The molecule has 1 amide bonds. The topological polar surface area (TPSA) is 106 Å². The molecule has 8 heteroatoms. The Morgan fingerprint density at radius 3 is 2.63 bits per heavy atom. The van der Waals surface area contributed by atoms with Crippen LogP contribution < -0.4 is 21.3 Å². The first-order valence-electron chi connectivity index (χ1n) is 8.70. The number of fused-ring (bicyclic) bond motifs is 1. The number of aromatic amines is 1. The molecule has 0 atom stereocenters. The third kappa shape index (κ3) is 3.89. The van der Waals surface area contributed by atoms with Gasteiger partial charge in [-0.2, -0.15) is 0 Å². The maximum absolute atomic E-state index is 12.5. The maximum atomic E-state index is 12.5. The van der Waals surface area contributed by atoms with Crippen molar-refractivity contribution >= 4 is 22.6 Å². The fourth-order valence-corrected chi connectivity index (χ4v) is 2.73. The summed E-state index contributed by atoms with van der Waals surface area (Å²) in [6, 6.07) is 8.40. The van der Waals surface area contributed by atoms with Crippen molar-refractivity contribution in [3.05, 3.63) is 62.9 Å². The van der Waals surface area contributed by atoms with Gasteiger partial charge in [0.15, 0.2) is 0 Å². The molecule has 0 spiro atoms. The fraction of sp³-hybridized carbons (Fsp3) is 0.263. The number of pyridine rings is 1. The summed E-state index contributed by atoms with van der Waals surface area (Å²) in [6.45, 7) is 4.80. The van der Waals surface area contributed by atoms with Gasteiger partial charge in [0.1, 0.15) is 11.4 Å². The second-order valence-corrected chi connectivity index (χ2v) is 5.92. The third-order valence-corrected chi connectivity index (χ3v) is 3.97. The van der Waals surface area contributed by atoms with Crippen molar-refractivity contribution in [2.24, 2.45) is 0 Å². The summed E-state index contributed by atoms with van der Waals surface area (Å²) in [4.78, 5) is 43.0. The highest BCUT2D eigenvalue weighted by atomic mass is 16.5. The fourth-order valence-electron chi connectivity index (χ4n) is 2.73. The van der Waals surface area contributed by atoms with E-state index in [1.165, 1.54) is 16.8 Å². The summed E-state index contributed by atoms with van der Waals surface area (Å²) >= 11 is 0. The minimum Gasteiger partial charge on any atom is -0.494 e. The SMILES string of the molecule is CCCn1c(=O)[nH]c(=O)c2cc(C(=O)Nc3ccc(OCC)cc3)cnc21. The Hall–Kier alpha value is -3.42. The number of anilines is 1. The van der Waals surface area contributed by atoms with Crippen LogP contribution in [0.2, 0.25) is 0 Å². The Bertz CT molecular complexity index is 1080. The molecule has 0 bridgehead atoms. The molecule has 2 aromatic heterocycles.